The third-order valence-electron chi connectivity index (χ3n) is 3.98. The van der Waals surface area contributed by atoms with Crippen LogP contribution in [0.1, 0.15) is 5.56 Å². The largest absolute Gasteiger partial charge is 0.497 e. The molecule has 0 aliphatic heterocycles. The Hall–Kier alpha value is -3.40. The highest BCUT2D eigenvalue weighted by Gasteiger charge is 2.10. The Morgan fingerprint density at radius 3 is 2.53 bits per heavy atom. The number of rotatable bonds is 5. The zero-order valence-corrected chi connectivity index (χ0v) is 17.7. The Bertz CT molecular complexity index is 1040. The van der Waals surface area contributed by atoms with Gasteiger partial charge in [-0.1, -0.05) is 28.1 Å². The Balaban J connectivity index is 0.000000469. The normalized spacial score (nSPS) is 10.0. The van der Waals surface area contributed by atoms with Crippen molar-refractivity contribution in [3.63, 3.8) is 0 Å². The maximum atomic E-state index is 13.8. The maximum absolute atomic E-state index is 13.8. The van der Waals surface area contributed by atoms with Crippen LogP contribution >= 0.6 is 15.9 Å². The number of carboxylic acids is 2. The molecule has 10 heteroatoms. The number of aliphatic carboxylic acids is 2. The molecule has 0 aliphatic rings. The van der Waals surface area contributed by atoms with E-state index in [2.05, 4.69) is 26.2 Å². The molecule has 0 unspecified atom stereocenters. The van der Waals surface area contributed by atoms with Gasteiger partial charge < -0.3 is 24.8 Å². The van der Waals surface area contributed by atoms with E-state index in [0.717, 1.165) is 21.5 Å². The average molecular weight is 480 g/mol. The highest BCUT2D eigenvalue weighted by molar-refractivity contribution is 9.10. The van der Waals surface area contributed by atoms with Crippen LogP contribution in [0.5, 0.6) is 5.75 Å². The third-order valence-corrected chi connectivity index (χ3v) is 4.47. The zero-order valence-electron chi connectivity index (χ0n) is 16.1. The van der Waals surface area contributed by atoms with Crippen LogP contribution in [-0.2, 0) is 23.2 Å². The number of carboxylic acid groups (broad SMARTS) is 2. The monoisotopic (exact) mass is 479 g/mol. The predicted molar refractivity (Wildman–Crippen MR) is 112 cm³/mol. The second-order valence-electron chi connectivity index (χ2n) is 5.96. The SMILES string of the molecule is COc1cccc(-c2cnc(NCc3cc(Br)ccc3F)n2C)c1.O=C(O)C(=O)O. The molecular weight excluding hydrogens is 461 g/mol. The number of carbonyl (C=O) groups is 2. The van der Waals surface area contributed by atoms with Gasteiger partial charge in [0.1, 0.15) is 11.6 Å². The molecular formula is C20H19BrFN3O5. The van der Waals surface area contributed by atoms with Gasteiger partial charge in [-0.25, -0.2) is 19.0 Å². The fourth-order valence-electron chi connectivity index (χ4n) is 2.48. The van der Waals surface area contributed by atoms with Crippen LogP contribution in [0.15, 0.2) is 53.1 Å². The van der Waals surface area contributed by atoms with Gasteiger partial charge in [-0.15, -0.1) is 0 Å². The van der Waals surface area contributed by atoms with Crippen molar-refractivity contribution in [1.82, 2.24) is 9.55 Å². The van der Waals surface area contributed by atoms with Gasteiger partial charge in [-0.2, -0.15) is 0 Å². The molecule has 0 radical (unpaired) electrons. The van der Waals surface area contributed by atoms with Crippen molar-refractivity contribution in [1.29, 1.82) is 0 Å². The molecule has 0 amide bonds. The van der Waals surface area contributed by atoms with Crippen molar-refractivity contribution < 1.29 is 28.9 Å². The number of anilines is 1. The lowest BCUT2D eigenvalue weighted by atomic mass is 10.1. The summed E-state index contributed by atoms with van der Waals surface area (Å²) in [5.74, 6) is -2.43. The molecule has 3 rings (SSSR count). The number of imidazole rings is 1. The van der Waals surface area contributed by atoms with Crippen molar-refractivity contribution in [3.05, 3.63) is 64.5 Å². The first-order chi connectivity index (χ1) is 14.2. The molecule has 0 saturated carbocycles. The lowest BCUT2D eigenvalue weighted by Gasteiger charge is -2.10. The number of nitrogens with zero attached hydrogens (tertiary/aromatic N) is 2. The number of methoxy groups -OCH3 is 1. The summed E-state index contributed by atoms with van der Waals surface area (Å²) in [6.07, 6.45) is 1.79. The topological polar surface area (TPSA) is 114 Å². The molecule has 0 bridgehead atoms. The molecule has 3 N–H and O–H groups in total. The molecule has 0 spiro atoms. The molecule has 8 nitrogen and oxygen atoms in total. The number of benzene rings is 2. The second-order valence-corrected chi connectivity index (χ2v) is 6.87. The molecule has 2 aromatic carbocycles. The van der Waals surface area contributed by atoms with Crippen LogP contribution in [-0.4, -0.2) is 38.8 Å². The van der Waals surface area contributed by atoms with Crippen LogP contribution in [0, 0.1) is 5.82 Å². The van der Waals surface area contributed by atoms with Gasteiger partial charge in [-0.05, 0) is 30.3 Å². The number of hydrogen-bond donors (Lipinski definition) is 3. The van der Waals surface area contributed by atoms with Gasteiger partial charge in [0.15, 0.2) is 0 Å². The molecule has 158 valence electrons. The number of ether oxygens (including phenoxy) is 1. The average Bonchev–Trinajstić information content (AvgIpc) is 3.09. The van der Waals surface area contributed by atoms with Gasteiger partial charge in [0.25, 0.3) is 0 Å². The zero-order chi connectivity index (χ0) is 22.3. The molecule has 0 fully saturated rings. The molecule has 3 aromatic rings. The number of halogens is 2. The number of hydrogen-bond acceptors (Lipinski definition) is 5. The Morgan fingerprint density at radius 2 is 1.90 bits per heavy atom. The minimum atomic E-state index is -1.82. The van der Waals surface area contributed by atoms with Gasteiger partial charge in [0, 0.05) is 29.2 Å². The van der Waals surface area contributed by atoms with Crippen LogP contribution < -0.4 is 10.1 Å². The second kappa shape index (κ2) is 10.4. The van der Waals surface area contributed by atoms with Gasteiger partial charge in [-0.3, -0.25) is 0 Å². The quantitative estimate of drug-likeness (QED) is 0.477. The molecule has 1 heterocycles. The first-order valence-electron chi connectivity index (χ1n) is 8.53. The standard InChI is InChI=1S/C18H17BrFN3O.C2H2O4/c1-23-17(12-4-3-5-15(9-12)24-2)11-22-18(23)21-10-13-8-14(19)6-7-16(13)20;3-1(4)2(5)6/h3-9,11H,10H2,1-2H3,(H,21,22);(H,3,4)(H,5,6). The van der Waals surface area contributed by atoms with E-state index in [9.17, 15) is 4.39 Å². The van der Waals surface area contributed by atoms with Crippen LogP contribution in [0.4, 0.5) is 10.3 Å². The van der Waals surface area contributed by atoms with E-state index >= 15 is 0 Å². The van der Waals surface area contributed by atoms with E-state index in [-0.39, 0.29) is 5.82 Å². The molecule has 0 saturated heterocycles. The van der Waals surface area contributed by atoms with E-state index in [1.54, 1.807) is 25.4 Å². The first kappa shape index (κ1) is 22.9. The molecule has 30 heavy (non-hydrogen) atoms. The summed E-state index contributed by atoms with van der Waals surface area (Å²) < 4.78 is 21.9. The van der Waals surface area contributed by atoms with Crippen LogP contribution in [0.3, 0.4) is 0 Å². The van der Waals surface area contributed by atoms with Crippen LogP contribution in [0.2, 0.25) is 0 Å². The van der Waals surface area contributed by atoms with E-state index in [1.807, 2.05) is 35.9 Å². The number of nitrogens with one attached hydrogen (secondary N) is 1. The third kappa shape index (κ3) is 6.05. The van der Waals surface area contributed by atoms with Crippen molar-refractivity contribution in [2.24, 2.45) is 7.05 Å². The van der Waals surface area contributed by atoms with E-state index in [0.29, 0.717) is 18.1 Å². The molecule has 0 aliphatic carbocycles. The summed E-state index contributed by atoms with van der Waals surface area (Å²) in [7, 11) is 3.56. The lowest BCUT2D eigenvalue weighted by Crippen LogP contribution is -2.09. The lowest BCUT2D eigenvalue weighted by molar-refractivity contribution is -0.159. The summed E-state index contributed by atoms with van der Waals surface area (Å²) in [6, 6.07) is 12.7. The number of aromatic nitrogens is 2. The summed E-state index contributed by atoms with van der Waals surface area (Å²) in [5.41, 5.74) is 2.53. The highest BCUT2D eigenvalue weighted by Crippen LogP contribution is 2.26. The van der Waals surface area contributed by atoms with E-state index in [4.69, 9.17) is 24.5 Å². The highest BCUT2D eigenvalue weighted by atomic mass is 79.9. The van der Waals surface area contributed by atoms with Gasteiger partial charge in [0.05, 0.1) is 19.0 Å². The summed E-state index contributed by atoms with van der Waals surface area (Å²) in [6.45, 7) is 0.355. The van der Waals surface area contributed by atoms with Crippen molar-refractivity contribution in [2.45, 2.75) is 6.54 Å². The summed E-state index contributed by atoms with van der Waals surface area (Å²) in [4.78, 5) is 22.6. The molecule has 0 atom stereocenters. The summed E-state index contributed by atoms with van der Waals surface area (Å²) >= 11 is 3.36. The van der Waals surface area contributed by atoms with Crippen LogP contribution in [0.25, 0.3) is 11.3 Å². The maximum Gasteiger partial charge on any atom is 0.414 e. The van der Waals surface area contributed by atoms with Crippen molar-refractivity contribution >= 4 is 33.8 Å². The Labute approximate surface area is 180 Å². The fraction of sp³-hybridized carbons (Fsp3) is 0.150. The smallest absolute Gasteiger partial charge is 0.414 e. The van der Waals surface area contributed by atoms with Crippen molar-refractivity contribution in [3.8, 4) is 17.0 Å². The minimum Gasteiger partial charge on any atom is -0.497 e. The Kier molecular flexibility index (Phi) is 7.93. The van der Waals surface area contributed by atoms with Gasteiger partial charge in [0.2, 0.25) is 5.95 Å². The van der Waals surface area contributed by atoms with Crippen molar-refractivity contribution in [2.75, 3.05) is 12.4 Å². The Morgan fingerprint density at radius 1 is 1.20 bits per heavy atom. The first-order valence-corrected chi connectivity index (χ1v) is 9.32. The minimum absolute atomic E-state index is 0.243. The van der Waals surface area contributed by atoms with Gasteiger partial charge >= 0.3 is 11.9 Å². The van der Waals surface area contributed by atoms with E-state index < -0.39 is 11.9 Å². The fourth-order valence-corrected chi connectivity index (χ4v) is 2.89. The van der Waals surface area contributed by atoms with E-state index in [1.165, 1.54) is 6.07 Å². The predicted octanol–water partition coefficient (Wildman–Crippen LogP) is 3.77. The summed E-state index contributed by atoms with van der Waals surface area (Å²) in [5, 5.41) is 18.0. The molecule has 1 aromatic heterocycles.